The van der Waals surface area contributed by atoms with Crippen LogP contribution in [0.15, 0.2) is 28.0 Å². The van der Waals surface area contributed by atoms with Crippen molar-refractivity contribution >= 4 is 51.7 Å². The van der Waals surface area contributed by atoms with Gasteiger partial charge in [0.05, 0.1) is 10.5 Å². The van der Waals surface area contributed by atoms with Gasteiger partial charge in [-0.25, -0.2) is 4.98 Å². The fourth-order valence-corrected chi connectivity index (χ4v) is 5.75. The van der Waals surface area contributed by atoms with Crippen molar-refractivity contribution in [2.45, 2.75) is 91.9 Å². The molecule has 8 heteroatoms. The number of rotatable bonds is 15. The largest absolute Gasteiger partial charge is 0.369 e. The average Bonchev–Trinajstić information content (AvgIpc) is 3.13. The van der Waals surface area contributed by atoms with Gasteiger partial charge >= 0.3 is 0 Å². The molecular formula is C29H42N4O2S2. The Morgan fingerprint density at radius 2 is 1.70 bits per heavy atom. The minimum absolute atomic E-state index is 0.116. The molecule has 0 unspecified atom stereocenters. The fraction of sp³-hybridized carbons (Fsp3) is 0.586. The van der Waals surface area contributed by atoms with E-state index in [4.69, 9.17) is 17.2 Å². The van der Waals surface area contributed by atoms with Crippen molar-refractivity contribution in [1.82, 2.24) is 14.3 Å². The van der Waals surface area contributed by atoms with Gasteiger partial charge in [0.1, 0.15) is 15.8 Å². The van der Waals surface area contributed by atoms with E-state index in [1.807, 2.05) is 19.1 Å². The van der Waals surface area contributed by atoms with Gasteiger partial charge in [-0.3, -0.25) is 18.9 Å². The van der Waals surface area contributed by atoms with E-state index in [1.54, 1.807) is 21.6 Å². The van der Waals surface area contributed by atoms with E-state index in [0.29, 0.717) is 45.3 Å². The molecule has 2 aromatic rings. The molecule has 3 heterocycles. The van der Waals surface area contributed by atoms with Crippen LogP contribution in [0.3, 0.4) is 0 Å². The summed E-state index contributed by atoms with van der Waals surface area (Å²) in [5, 5.41) is 3.32. The molecule has 1 amide bonds. The van der Waals surface area contributed by atoms with Crippen molar-refractivity contribution in [2.24, 2.45) is 5.92 Å². The number of amides is 1. The number of carbonyl (C=O) groups is 1. The molecule has 0 aromatic carbocycles. The number of fused-ring (bicyclic) bond motifs is 1. The molecule has 1 aliphatic rings. The fourth-order valence-electron chi connectivity index (χ4n) is 4.46. The average molecular weight is 543 g/mol. The Hall–Kier alpha value is -2.19. The molecule has 1 N–H and O–H groups in total. The number of hydrogen-bond acceptors (Lipinski definition) is 6. The third-order valence-corrected chi connectivity index (χ3v) is 8.02. The maximum atomic E-state index is 13.4. The van der Waals surface area contributed by atoms with Crippen LogP contribution in [0, 0.1) is 12.8 Å². The Kier molecular flexibility index (Phi) is 11.6. The first-order valence-electron chi connectivity index (χ1n) is 13.8. The predicted octanol–water partition coefficient (Wildman–Crippen LogP) is 7.19. The van der Waals surface area contributed by atoms with Crippen molar-refractivity contribution in [1.29, 1.82) is 0 Å². The van der Waals surface area contributed by atoms with Crippen LogP contribution in [-0.4, -0.2) is 37.6 Å². The Morgan fingerprint density at radius 3 is 2.35 bits per heavy atom. The standard InChI is InChI=1S/C29H42N4O2S2/c1-5-6-7-8-9-10-11-12-13-14-17-33-28(35)24(37-29(33)36)19-23-25(30-20-21(2)3)31-26-22(4)16-15-18-32(26)27(23)34/h15-16,18-19,21,30H,5-14,17,20H2,1-4H3/b24-19-. The van der Waals surface area contributed by atoms with E-state index < -0.39 is 0 Å². The molecule has 3 rings (SSSR count). The molecule has 1 saturated heterocycles. The van der Waals surface area contributed by atoms with E-state index in [-0.39, 0.29) is 11.5 Å². The Labute approximate surface area is 231 Å². The number of nitrogens with one attached hydrogen (secondary N) is 1. The Bertz CT molecular complexity index is 1170. The van der Waals surface area contributed by atoms with Gasteiger partial charge in [-0.05, 0) is 37.0 Å². The molecule has 1 aliphatic heterocycles. The van der Waals surface area contributed by atoms with Crippen LogP contribution in [0.25, 0.3) is 11.7 Å². The quantitative estimate of drug-likeness (QED) is 0.146. The summed E-state index contributed by atoms with van der Waals surface area (Å²) in [6.07, 6.45) is 15.9. The summed E-state index contributed by atoms with van der Waals surface area (Å²) in [7, 11) is 0. The highest BCUT2D eigenvalue weighted by Crippen LogP contribution is 2.33. The molecule has 0 atom stereocenters. The van der Waals surface area contributed by atoms with Crippen LogP contribution in [0.4, 0.5) is 5.82 Å². The van der Waals surface area contributed by atoms with Gasteiger partial charge in [-0.2, -0.15) is 0 Å². The van der Waals surface area contributed by atoms with Gasteiger partial charge in [-0.1, -0.05) is 109 Å². The zero-order valence-corrected chi connectivity index (χ0v) is 24.5. The lowest BCUT2D eigenvalue weighted by Crippen LogP contribution is -2.29. The molecule has 0 spiro atoms. The molecule has 202 valence electrons. The number of pyridine rings is 1. The van der Waals surface area contributed by atoms with Crippen LogP contribution in [0.1, 0.15) is 96.1 Å². The van der Waals surface area contributed by atoms with Gasteiger partial charge in [0.25, 0.3) is 11.5 Å². The Balaban J connectivity index is 1.66. The number of hydrogen-bond donors (Lipinski definition) is 1. The number of anilines is 1. The highest BCUT2D eigenvalue weighted by molar-refractivity contribution is 8.26. The third-order valence-electron chi connectivity index (χ3n) is 6.65. The minimum atomic E-state index is -0.195. The monoisotopic (exact) mass is 542 g/mol. The summed E-state index contributed by atoms with van der Waals surface area (Å²) in [5.41, 5.74) is 1.73. The SMILES string of the molecule is CCCCCCCCCCCCN1C(=O)/C(=C/c2c(NCC(C)C)nc3c(C)cccn3c2=O)SC1=S. The van der Waals surface area contributed by atoms with Crippen molar-refractivity contribution < 1.29 is 4.79 Å². The highest BCUT2D eigenvalue weighted by Gasteiger charge is 2.32. The molecule has 0 saturated carbocycles. The van der Waals surface area contributed by atoms with Gasteiger partial charge < -0.3 is 5.32 Å². The van der Waals surface area contributed by atoms with E-state index >= 15 is 0 Å². The summed E-state index contributed by atoms with van der Waals surface area (Å²) in [6, 6.07) is 3.77. The second-order valence-electron chi connectivity index (χ2n) is 10.4. The highest BCUT2D eigenvalue weighted by atomic mass is 32.2. The predicted molar refractivity (Wildman–Crippen MR) is 161 cm³/mol. The van der Waals surface area contributed by atoms with Crippen molar-refractivity contribution in [3.05, 3.63) is 44.7 Å². The maximum absolute atomic E-state index is 13.4. The van der Waals surface area contributed by atoms with E-state index in [0.717, 1.165) is 18.4 Å². The van der Waals surface area contributed by atoms with E-state index in [2.05, 4.69) is 26.1 Å². The van der Waals surface area contributed by atoms with Gasteiger partial charge in [-0.15, -0.1) is 0 Å². The van der Waals surface area contributed by atoms with Crippen LogP contribution in [-0.2, 0) is 4.79 Å². The maximum Gasteiger partial charge on any atom is 0.267 e. The number of carbonyl (C=O) groups excluding carboxylic acids is 1. The second kappa shape index (κ2) is 14.7. The number of aryl methyl sites for hydroxylation is 1. The van der Waals surface area contributed by atoms with Gasteiger partial charge in [0.15, 0.2) is 0 Å². The number of unbranched alkanes of at least 4 members (excludes halogenated alkanes) is 9. The summed E-state index contributed by atoms with van der Waals surface area (Å²) in [4.78, 5) is 33.6. The minimum Gasteiger partial charge on any atom is -0.369 e. The number of nitrogens with zero attached hydrogens (tertiary/aromatic N) is 3. The summed E-state index contributed by atoms with van der Waals surface area (Å²) in [6.45, 7) is 9.69. The van der Waals surface area contributed by atoms with Crippen LogP contribution in [0.2, 0.25) is 0 Å². The van der Waals surface area contributed by atoms with Gasteiger partial charge in [0.2, 0.25) is 0 Å². The topological polar surface area (TPSA) is 66.7 Å². The lowest BCUT2D eigenvalue weighted by atomic mass is 10.1. The van der Waals surface area contributed by atoms with Gasteiger partial charge in [0, 0.05) is 19.3 Å². The van der Waals surface area contributed by atoms with E-state index in [9.17, 15) is 9.59 Å². The third kappa shape index (κ3) is 8.14. The first-order valence-corrected chi connectivity index (χ1v) is 15.1. The van der Waals surface area contributed by atoms with Crippen molar-refractivity contribution in [2.75, 3.05) is 18.4 Å². The lowest BCUT2D eigenvalue weighted by Gasteiger charge is -2.14. The molecular weight excluding hydrogens is 500 g/mol. The number of thiocarbonyl (C=S) groups is 1. The summed E-state index contributed by atoms with van der Waals surface area (Å²) >= 11 is 6.81. The van der Waals surface area contributed by atoms with E-state index in [1.165, 1.54) is 63.1 Å². The molecule has 1 fully saturated rings. The Morgan fingerprint density at radius 1 is 1.05 bits per heavy atom. The smallest absolute Gasteiger partial charge is 0.267 e. The number of thioether (sulfide) groups is 1. The van der Waals surface area contributed by atoms with Crippen LogP contribution >= 0.6 is 24.0 Å². The zero-order chi connectivity index (χ0) is 26.8. The second-order valence-corrected chi connectivity index (χ2v) is 12.0. The molecule has 0 bridgehead atoms. The summed E-state index contributed by atoms with van der Waals surface area (Å²) < 4.78 is 2.11. The van der Waals surface area contributed by atoms with Crippen molar-refractivity contribution in [3.8, 4) is 0 Å². The van der Waals surface area contributed by atoms with Crippen LogP contribution < -0.4 is 10.9 Å². The zero-order valence-electron chi connectivity index (χ0n) is 22.8. The number of aromatic nitrogens is 2. The van der Waals surface area contributed by atoms with Crippen molar-refractivity contribution in [3.63, 3.8) is 0 Å². The molecule has 2 aromatic heterocycles. The first kappa shape index (κ1) is 29.4. The summed E-state index contributed by atoms with van der Waals surface area (Å²) in [5.74, 6) is 0.770. The molecule has 0 aliphatic carbocycles. The molecule has 6 nitrogen and oxygen atoms in total. The normalized spacial score (nSPS) is 15.1. The first-order chi connectivity index (χ1) is 17.8. The molecule has 37 heavy (non-hydrogen) atoms. The van der Waals surface area contributed by atoms with Crippen LogP contribution in [0.5, 0.6) is 0 Å². The molecule has 0 radical (unpaired) electrons. The lowest BCUT2D eigenvalue weighted by molar-refractivity contribution is -0.122.